The minimum absolute atomic E-state index is 0.568. The van der Waals surface area contributed by atoms with E-state index in [4.69, 9.17) is 49.8 Å². The zero-order valence-electron chi connectivity index (χ0n) is 57.0. The minimum Gasteiger partial charge on any atom is -0.324 e. The lowest BCUT2D eigenvalue weighted by Crippen LogP contribution is -2.48. The Morgan fingerprint density at radius 3 is 0.761 bits per heavy atom. The molecule has 0 aromatic carbocycles. The van der Waals surface area contributed by atoms with Crippen molar-refractivity contribution in [2.24, 2.45) is 0 Å². The van der Waals surface area contributed by atoms with Crippen LogP contribution in [0.3, 0.4) is 0 Å². The summed E-state index contributed by atoms with van der Waals surface area (Å²) in [5, 5.41) is 7.50. The lowest BCUT2D eigenvalue weighted by molar-refractivity contribution is -0.920. The van der Waals surface area contributed by atoms with Crippen LogP contribution in [0.4, 0.5) is 0 Å². The number of nitrogens with zero attached hydrogens (tertiary/aromatic N) is 14. The molecule has 8 bridgehead atoms. The first-order valence-corrected chi connectivity index (χ1v) is 36.9. The summed E-state index contributed by atoms with van der Waals surface area (Å²) in [6.07, 6.45) is 0. The molecule has 2 aliphatic rings. The zero-order valence-corrected chi connectivity index (χ0v) is 60.3. The van der Waals surface area contributed by atoms with Gasteiger partial charge in [-0.15, -0.1) is 0 Å². The van der Waals surface area contributed by atoms with E-state index in [0.29, 0.717) is 45.9 Å². The van der Waals surface area contributed by atoms with Crippen molar-refractivity contribution in [2.75, 3.05) is 128 Å². The predicted molar refractivity (Wildman–Crippen MR) is 375 cm³/mol. The fourth-order valence-electron chi connectivity index (χ4n) is 13.4. The van der Waals surface area contributed by atoms with Crippen molar-refractivity contribution < 1.29 is 17.9 Å². The number of pyridine rings is 4. The number of hydrogen-bond donors (Lipinski definition) is 2. The van der Waals surface area contributed by atoms with Gasteiger partial charge in [-0.2, -0.15) is 0 Å². The van der Waals surface area contributed by atoms with Gasteiger partial charge >= 0.3 is 0 Å². The number of aryl methyl sites for hydroxylation is 6. The van der Waals surface area contributed by atoms with Gasteiger partial charge < -0.3 is 27.9 Å². The van der Waals surface area contributed by atoms with Gasteiger partial charge in [0.2, 0.25) is 0 Å². The van der Waals surface area contributed by atoms with Crippen molar-refractivity contribution in [3.8, 4) is 45.6 Å². The van der Waals surface area contributed by atoms with Crippen LogP contribution in [-0.2, 0) is 0 Å². The highest BCUT2D eigenvalue weighted by Gasteiger charge is 2.34. The number of aromatic nitrogens is 12. The second kappa shape index (κ2) is 28.0. The highest BCUT2D eigenvalue weighted by Crippen LogP contribution is 2.47. The van der Waals surface area contributed by atoms with Crippen LogP contribution in [0.2, 0.25) is 0 Å². The number of nitrogens with one attached hydrogen (secondary N) is 2. The molecule has 0 unspecified atom stereocenters. The van der Waals surface area contributed by atoms with Crippen molar-refractivity contribution in [3.63, 3.8) is 0 Å². The summed E-state index contributed by atoms with van der Waals surface area (Å²) < 4.78 is 4.16. The van der Waals surface area contributed by atoms with Crippen LogP contribution in [-0.4, -0.2) is 205 Å². The summed E-state index contributed by atoms with van der Waals surface area (Å²) in [5.41, 5.74) is 14.3. The third kappa shape index (κ3) is 12.6. The molecule has 20 heteroatoms. The largest absolute Gasteiger partial charge is 0.324 e. The fourth-order valence-corrected chi connectivity index (χ4v) is 18.3. The third-order valence-corrected chi connectivity index (χ3v) is 25.3. The maximum atomic E-state index is 5.78. The number of aromatic amines is 2. The average Bonchev–Trinajstić information content (AvgIpc) is 1.62. The van der Waals surface area contributed by atoms with E-state index >= 15 is 0 Å². The van der Waals surface area contributed by atoms with E-state index < -0.39 is 0 Å². The van der Waals surface area contributed by atoms with Crippen LogP contribution in [0, 0.1) is 55.4 Å². The van der Waals surface area contributed by atoms with Crippen LogP contribution in [0.1, 0.15) is 128 Å². The maximum absolute atomic E-state index is 5.78. The molecule has 0 radical (unpaired) electrons. The van der Waals surface area contributed by atoms with Gasteiger partial charge in [0.05, 0.1) is 127 Å². The van der Waals surface area contributed by atoms with Crippen LogP contribution in [0.15, 0.2) is 20.1 Å². The van der Waals surface area contributed by atoms with Crippen LogP contribution < -0.4 is 0 Å². The van der Waals surface area contributed by atoms with E-state index in [-0.39, 0.29) is 0 Å². The van der Waals surface area contributed by atoms with Gasteiger partial charge in [0.25, 0.3) is 0 Å². The van der Waals surface area contributed by atoms with E-state index in [0.717, 1.165) is 255 Å². The number of thioether (sulfide) groups is 4. The van der Waals surface area contributed by atoms with E-state index in [1.807, 2.05) is 47.0 Å². The normalized spacial score (nSPS) is 13.0. The molecule has 9 heterocycles. The highest BCUT2D eigenvalue weighted by atomic mass is 32.2. The van der Waals surface area contributed by atoms with Gasteiger partial charge in [-0.3, -0.25) is 0 Å². The van der Waals surface area contributed by atoms with Crippen molar-refractivity contribution in [3.05, 3.63) is 45.0 Å². The summed E-state index contributed by atoms with van der Waals surface area (Å²) in [5.74, 6) is 5.87. The molecule has 0 fully saturated rings. The molecule has 474 valence electrons. The number of rotatable bonds is 28. The Labute approximate surface area is 542 Å². The molecule has 7 aromatic heterocycles. The van der Waals surface area contributed by atoms with Gasteiger partial charge in [0.1, 0.15) is 42.7 Å². The molecule has 0 saturated heterocycles. The fraction of sp³-hybridized carbons (Fsp3) is 0.588. The van der Waals surface area contributed by atoms with Gasteiger partial charge in [0, 0.05) is 67.7 Å². The third-order valence-electron chi connectivity index (χ3n) is 21.5. The van der Waals surface area contributed by atoms with Gasteiger partial charge in [-0.1, -0.05) is 47.0 Å². The smallest absolute Gasteiger partial charge is 0.167 e. The molecule has 7 aromatic rings. The standard InChI is InChI=1S/C68H102N16S4/c1-21-81(22-2,23-3)33-37-85-65-53-49(41(13)45(17)69-65)57-73-61(53)77-58-50-42(14)46(18)70-66(86-38-34-82(24-4,25-5)26-6)54(50)63(74-58)79-60-52-44(16)48(20)72-68(88-40-36-84(30-10,31-11)32-12)56(52)64(76-60)80-59-51-43(15)47(19)71-67(55(51)62(75-59)78-57)87-39-35-83(27-7,28-8)29-9/h21-40H2,1-20H3,(H2,73,74,75,76,77,78,79,80)/q+4. The van der Waals surface area contributed by atoms with Gasteiger partial charge in [-0.05, 0) is 161 Å². The van der Waals surface area contributed by atoms with Crippen LogP contribution in [0.25, 0.3) is 89.7 Å². The molecular weight excluding hydrogens is 1170 g/mol. The molecule has 9 rings (SSSR count). The molecule has 0 saturated carbocycles. The Bertz CT molecular complexity index is 3610. The van der Waals surface area contributed by atoms with Crippen molar-refractivity contribution >= 4 is 91.2 Å². The Hall–Kier alpha value is -4.80. The van der Waals surface area contributed by atoms with Crippen molar-refractivity contribution in [1.82, 2.24) is 59.8 Å². The summed E-state index contributed by atoms with van der Waals surface area (Å²) in [6, 6.07) is 0. The second-order valence-electron chi connectivity index (χ2n) is 24.6. The van der Waals surface area contributed by atoms with Crippen molar-refractivity contribution in [2.45, 2.75) is 159 Å². The first kappa shape index (κ1) is 67.6. The molecule has 2 N–H and O–H groups in total. The Morgan fingerprint density at radius 1 is 0.261 bits per heavy atom. The topological polar surface area (TPSA) is 160 Å². The summed E-state index contributed by atoms with van der Waals surface area (Å²) in [4.78, 5) is 63.9. The van der Waals surface area contributed by atoms with Gasteiger partial charge in [0.15, 0.2) is 23.3 Å². The molecule has 16 nitrogen and oxygen atoms in total. The second-order valence-corrected chi connectivity index (χ2v) is 28.9. The lowest BCUT2D eigenvalue weighted by Gasteiger charge is -2.35. The lowest BCUT2D eigenvalue weighted by atomic mass is 10.0. The minimum atomic E-state index is 0.568. The molecule has 2 aliphatic heterocycles. The monoisotopic (exact) mass is 1270 g/mol. The molecule has 0 spiro atoms. The zero-order chi connectivity index (χ0) is 63.6. The van der Waals surface area contributed by atoms with E-state index in [1.165, 1.54) is 0 Å². The predicted octanol–water partition coefficient (Wildman–Crippen LogP) is 14.8. The molecule has 0 atom stereocenters. The van der Waals surface area contributed by atoms with E-state index in [9.17, 15) is 0 Å². The first-order valence-electron chi connectivity index (χ1n) is 33.0. The molecule has 88 heavy (non-hydrogen) atoms. The average molecular weight is 1270 g/mol. The number of fused-ring (bicyclic) bond motifs is 20. The first-order chi connectivity index (χ1) is 42.2. The van der Waals surface area contributed by atoms with Crippen LogP contribution >= 0.6 is 47.0 Å². The van der Waals surface area contributed by atoms with E-state index in [1.54, 1.807) is 0 Å². The molecular formula is C68H102N16S4+4. The summed E-state index contributed by atoms with van der Waals surface area (Å²) in [7, 11) is 0. The Morgan fingerprint density at radius 2 is 0.489 bits per heavy atom. The number of quaternary nitrogens is 4. The van der Waals surface area contributed by atoms with Crippen molar-refractivity contribution in [1.29, 1.82) is 0 Å². The quantitative estimate of drug-likeness (QED) is 0.0352. The summed E-state index contributed by atoms with van der Waals surface area (Å²) in [6.45, 7) is 62.0. The summed E-state index contributed by atoms with van der Waals surface area (Å²) >= 11 is 7.26. The number of hydrogen-bond acceptors (Lipinski definition) is 14. The number of H-pyrrole nitrogens is 2. The Kier molecular flexibility index (Phi) is 21.5. The highest BCUT2D eigenvalue weighted by molar-refractivity contribution is 8.00. The molecule has 0 aliphatic carbocycles. The Balaban J connectivity index is 1.44. The molecule has 0 amide bonds. The van der Waals surface area contributed by atoms with Crippen LogP contribution in [0.5, 0.6) is 0 Å². The van der Waals surface area contributed by atoms with Gasteiger partial charge in [-0.25, -0.2) is 49.8 Å². The SMILES string of the molecule is CC[N+](CC)(CC)CCSc1nc(C)c(C)c2c1-c1nc-2nc2[nH]c(nc3nc(nc4[nH]c(n1)c1c(C)c(C)nc(SCC[N+](CC)(CC)CC)c41)-c1c(C)c(C)nc(SCC[N+](CC)(CC)CC)c1-3)c1c(C)c(C)nc(SCC[N+](CC)(CC)CC)c21. The maximum Gasteiger partial charge on any atom is 0.167 e. The van der Waals surface area contributed by atoms with E-state index in [2.05, 4.69) is 148 Å².